The normalized spacial score (nSPS) is 17.0. The number of hydrogen-bond donors (Lipinski definition) is 0. The predicted molar refractivity (Wildman–Crippen MR) is 89.0 cm³/mol. The number of thiazole rings is 2. The van der Waals surface area contributed by atoms with Crippen LogP contribution in [0.25, 0.3) is 10.2 Å². The first kappa shape index (κ1) is 13.4. The lowest BCUT2D eigenvalue weighted by Gasteiger charge is -2.32. The second-order valence-corrected chi connectivity index (χ2v) is 7.75. The number of aromatic nitrogens is 2. The lowest BCUT2D eigenvalue weighted by Crippen LogP contribution is -2.32. The summed E-state index contributed by atoms with van der Waals surface area (Å²) in [7, 11) is 0. The van der Waals surface area contributed by atoms with Gasteiger partial charge < -0.3 is 0 Å². The van der Waals surface area contributed by atoms with Gasteiger partial charge in [0.1, 0.15) is 0 Å². The molecule has 1 aromatic carbocycles. The van der Waals surface area contributed by atoms with Crippen molar-refractivity contribution in [3.8, 4) is 0 Å². The Bertz CT molecular complexity index is 790. The van der Waals surface area contributed by atoms with E-state index in [1.165, 1.54) is 25.8 Å². The minimum absolute atomic E-state index is 0.423. The van der Waals surface area contributed by atoms with Crippen molar-refractivity contribution in [3.05, 3.63) is 44.9 Å². The van der Waals surface area contributed by atoms with Crippen molar-refractivity contribution in [2.45, 2.75) is 32.9 Å². The third kappa shape index (κ3) is 2.39. The van der Waals surface area contributed by atoms with E-state index in [4.69, 9.17) is 0 Å². The summed E-state index contributed by atoms with van der Waals surface area (Å²) in [5.74, 6) is 0. The fourth-order valence-electron chi connectivity index (χ4n) is 3.02. The van der Waals surface area contributed by atoms with E-state index in [9.17, 15) is 0 Å². The molecule has 1 aliphatic rings. The maximum atomic E-state index is 4.63. The smallest absolute Gasteiger partial charge is 0.0900 e. The molecule has 3 heterocycles. The van der Waals surface area contributed by atoms with Gasteiger partial charge in [0.15, 0.2) is 0 Å². The van der Waals surface area contributed by atoms with Crippen LogP contribution in [0.1, 0.15) is 34.1 Å². The SMILES string of the molecule is Cc1nc2c(s1)CN(C(C)c1ccc3scnc3c1)CC2. The molecule has 0 fully saturated rings. The van der Waals surface area contributed by atoms with Crippen molar-refractivity contribution in [1.82, 2.24) is 14.9 Å². The van der Waals surface area contributed by atoms with E-state index in [-0.39, 0.29) is 0 Å². The van der Waals surface area contributed by atoms with Crippen LogP contribution in [0, 0.1) is 6.92 Å². The Labute approximate surface area is 132 Å². The van der Waals surface area contributed by atoms with Gasteiger partial charge in [0.05, 0.1) is 26.4 Å². The number of benzene rings is 1. The fraction of sp³-hybridized carbons (Fsp3) is 0.375. The van der Waals surface area contributed by atoms with Crippen LogP contribution in [0.5, 0.6) is 0 Å². The Morgan fingerprint density at radius 1 is 1.33 bits per heavy atom. The molecule has 3 aromatic rings. The molecule has 0 amide bonds. The summed E-state index contributed by atoms with van der Waals surface area (Å²) in [4.78, 5) is 13.1. The summed E-state index contributed by atoms with van der Waals surface area (Å²) in [5, 5.41) is 1.19. The maximum absolute atomic E-state index is 4.63. The highest BCUT2D eigenvalue weighted by molar-refractivity contribution is 7.16. The average Bonchev–Trinajstić information content (AvgIpc) is 3.09. The molecule has 3 nitrogen and oxygen atoms in total. The molecule has 0 bridgehead atoms. The van der Waals surface area contributed by atoms with Crippen molar-refractivity contribution < 1.29 is 0 Å². The van der Waals surface area contributed by atoms with Crippen LogP contribution in [0.2, 0.25) is 0 Å². The van der Waals surface area contributed by atoms with Gasteiger partial charge in [0, 0.05) is 30.4 Å². The highest BCUT2D eigenvalue weighted by Gasteiger charge is 2.24. The molecule has 21 heavy (non-hydrogen) atoms. The average molecular weight is 315 g/mol. The molecule has 0 aliphatic carbocycles. The Kier molecular flexibility index (Phi) is 3.28. The van der Waals surface area contributed by atoms with Crippen LogP contribution < -0.4 is 0 Å². The van der Waals surface area contributed by atoms with Gasteiger partial charge in [-0.05, 0) is 31.5 Å². The first-order chi connectivity index (χ1) is 10.2. The van der Waals surface area contributed by atoms with Gasteiger partial charge in [-0.3, -0.25) is 4.90 Å². The topological polar surface area (TPSA) is 29.0 Å². The van der Waals surface area contributed by atoms with Crippen molar-refractivity contribution in [1.29, 1.82) is 0 Å². The summed E-state index contributed by atoms with van der Waals surface area (Å²) >= 11 is 3.55. The lowest BCUT2D eigenvalue weighted by atomic mass is 10.0. The summed E-state index contributed by atoms with van der Waals surface area (Å²) in [6.45, 7) is 6.52. The highest BCUT2D eigenvalue weighted by Crippen LogP contribution is 2.31. The van der Waals surface area contributed by atoms with Crippen molar-refractivity contribution in [2.75, 3.05) is 6.54 Å². The highest BCUT2D eigenvalue weighted by atomic mass is 32.1. The maximum Gasteiger partial charge on any atom is 0.0900 e. The molecule has 0 saturated carbocycles. The van der Waals surface area contributed by atoms with Crippen molar-refractivity contribution in [3.63, 3.8) is 0 Å². The third-order valence-corrected chi connectivity index (χ3v) is 6.06. The van der Waals surface area contributed by atoms with E-state index in [0.29, 0.717) is 6.04 Å². The number of hydrogen-bond acceptors (Lipinski definition) is 5. The van der Waals surface area contributed by atoms with Crippen molar-refractivity contribution in [2.24, 2.45) is 0 Å². The molecule has 108 valence electrons. The minimum Gasteiger partial charge on any atom is -0.291 e. The van der Waals surface area contributed by atoms with E-state index in [1.54, 1.807) is 11.3 Å². The summed E-state index contributed by atoms with van der Waals surface area (Å²) < 4.78 is 1.27. The van der Waals surface area contributed by atoms with Gasteiger partial charge in [-0.1, -0.05) is 6.07 Å². The quantitative estimate of drug-likeness (QED) is 0.710. The third-order valence-electron chi connectivity index (χ3n) is 4.25. The molecule has 2 aromatic heterocycles. The first-order valence-corrected chi connectivity index (χ1v) is 8.93. The summed E-state index contributed by atoms with van der Waals surface area (Å²) in [5.41, 5.74) is 5.72. The molecular weight excluding hydrogens is 298 g/mol. The van der Waals surface area contributed by atoms with Crippen LogP contribution in [0.3, 0.4) is 0 Å². The van der Waals surface area contributed by atoms with Gasteiger partial charge >= 0.3 is 0 Å². The van der Waals surface area contributed by atoms with Crippen LogP contribution in [0.4, 0.5) is 0 Å². The van der Waals surface area contributed by atoms with E-state index in [1.807, 2.05) is 16.8 Å². The van der Waals surface area contributed by atoms with E-state index in [0.717, 1.165) is 25.0 Å². The molecule has 0 spiro atoms. The predicted octanol–water partition coefficient (Wildman–Crippen LogP) is 4.18. The largest absolute Gasteiger partial charge is 0.291 e. The standard InChI is InChI=1S/C16H17N3S2/c1-10(12-3-4-15-14(7-12)17-9-20-15)19-6-5-13-16(8-19)21-11(2)18-13/h3-4,7,9-10H,5-6,8H2,1-2H3. The second kappa shape index (κ2) is 5.16. The van der Waals surface area contributed by atoms with Gasteiger partial charge in [-0.15, -0.1) is 22.7 Å². The minimum atomic E-state index is 0.423. The Morgan fingerprint density at radius 3 is 3.14 bits per heavy atom. The molecule has 1 atom stereocenters. The number of fused-ring (bicyclic) bond motifs is 2. The van der Waals surface area contributed by atoms with Gasteiger partial charge in [0.2, 0.25) is 0 Å². The Balaban J connectivity index is 1.61. The number of rotatable bonds is 2. The molecule has 5 heteroatoms. The molecule has 0 radical (unpaired) electrons. The lowest BCUT2D eigenvalue weighted by molar-refractivity contribution is 0.193. The molecule has 0 N–H and O–H groups in total. The van der Waals surface area contributed by atoms with Crippen LogP contribution in [-0.4, -0.2) is 21.4 Å². The first-order valence-electron chi connectivity index (χ1n) is 7.23. The molecule has 1 aliphatic heterocycles. The van der Waals surface area contributed by atoms with Gasteiger partial charge in [-0.25, -0.2) is 9.97 Å². The molecule has 0 saturated heterocycles. The number of nitrogens with zero attached hydrogens (tertiary/aromatic N) is 3. The van der Waals surface area contributed by atoms with Gasteiger partial charge in [0.25, 0.3) is 0 Å². The Morgan fingerprint density at radius 2 is 2.24 bits per heavy atom. The fourth-order valence-corrected chi connectivity index (χ4v) is 4.69. The number of aryl methyl sites for hydroxylation is 1. The van der Waals surface area contributed by atoms with E-state index >= 15 is 0 Å². The Hall–Kier alpha value is -1.30. The molecular formula is C16H17N3S2. The van der Waals surface area contributed by atoms with Crippen LogP contribution in [0.15, 0.2) is 23.7 Å². The van der Waals surface area contributed by atoms with E-state index < -0.39 is 0 Å². The zero-order chi connectivity index (χ0) is 14.4. The van der Waals surface area contributed by atoms with Gasteiger partial charge in [-0.2, -0.15) is 0 Å². The monoisotopic (exact) mass is 315 g/mol. The van der Waals surface area contributed by atoms with E-state index in [2.05, 4.69) is 46.9 Å². The zero-order valence-corrected chi connectivity index (χ0v) is 13.8. The summed E-state index contributed by atoms with van der Waals surface area (Å²) in [6.07, 6.45) is 1.07. The van der Waals surface area contributed by atoms with Crippen molar-refractivity contribution >= 4 is 32.9 Å². The summed E-state index contributed by atoms with van der Waals surface area (Å²) in [6, 6.07) is 7.11. The van der Waals surface area contributed by atoms with Crippen LogP contribution >= 0.6 is 22.7 Å². The molecule has 4 rings (SSSR count). The molecule has 1 unspecified atom stereocenters. The second-order valence-electron chi connectivity index (χ2n) is 5.58. The zero-order valence-electron chi connectivity index (χ0n) is 12.2. The van der Waals surface area contributed by atoms with Crippen LogP contribution in [-0.2, 0) is 13.0 Å².